The quantitative estimate of drug-likeness (QED) is 0.588. The predicted molar refractivity (Wildman–Crippen MR) is 85.9 cm³/mol. The molecular weight excluding hydrogens is 303 g/mol. The van der Waals surface area contributed by atoms with Gasteiger partial charge in [0.05, 0.1) is 17.2 Å². The molecule has 0 heterocycles. The van der Waals surface area contributed by atoms with E-state index in [4.69, 9.17) is 10.4 Å². The molecular formula is C18H24F3NO. The Morgan fingerprint density at radius 3 is 2.13 bits per heavy atom. The van der Waals surface area contributed by atoms with E-state index in [1.807, 2.05) is 6.92 Å². The highest BCUT2D eigenvalue weighted by Crippen LogP contribution is 2.33. The van der Waals surface area contributed by atoms with Crippen LogP contribution in [-0.2, 0) is 6.18 Å². The number of allylic oxidation sites excluding steroid dienone is 1. The fraction of sp³-hybridized carbons (Fsp3) is 0.500. The summed E-state index contributed by atoms with van der Waals surface area (Å²) in [7, 11) is 0. The number of hydrogen-bond donors (Lipinski definition) is 1. The van der Waals surface area contributed by atoms with Crippen LogP contribution in [-0.4, -0.2) is 5.11 Å². The van der Waals surface area contributed by atoms with Gasteiger partial charge in [0, 0.05) is 0 Å². The first kappa shape index (κ1) is 21.0. The fourth-order valence-electron chi connectivity index (χ4n) is 2.17. The lowest BCUT2D eigenvalue weighted by atomic mass is 9.91. The molecule has 2 nitrogen and oxygen atoms in total. The molecule has 0 atom stereocenters. The summed E-state index contributed by atoms with van der Waals surface area (Å²) >= 11 is 0. The number of nitrogens with zero attached hydrogens (tertiary/aromatic N) is 1. The van der Waals surface area contributed by atoms with E-state index >= 15 is 0 Å². The van der Waals surface area contributed by atoms with Crippen molar-refractivity contribution in [2.45, 2.75) is 52.1 Å². The minimum atomic E-state index is -4.61. The lowest BCUT2D eigenvalue weighted by Gasteiger charge is -2.15. The van der Waals surface area contributed by atoms with Crippen molar-refractivity contribution in [3.05, 3.63) is 42.0 Å². The van der Waals surface area contributed by atoms with Crippen molar-refractivity contribution in [3.8, 4) is 11.8 Å². The second-order valence-electron chi connectivity index (χ2n) is 5.49. The maximum Gasteiger partial charge on any atom is 0.417 e. The summed E-state index contributed by atoms with van der Waals surface area (Å²) in [5.74, 6) is 0.528. The van der Waals surface area contributed by atoms with Crippen molar-refractivity contribution in [2.75, 3.05) is 0 Å². The molecule has 1 aliphatic carbocycles. The number of rotatable bonds is 0. The van der Waals surface area contributed by atoms with E-state index in [1.54, 1.807) is 6.08 Å². The van der Waals surface area contributed by atoms with Crippen LogP contribution in [0.25, 0.3) is 0 Å². The Morgan fingerprint density at radius 2 is 1.78 bits per heavy atom. The molecule has 1 aromatic rings. The Bertz CT molecular complexity index is 512. The zero-order valence-corrected chi connectivity index (χ0v) is 13.7. The minimum absolute atomic E-state index is 0.495. The van der Waals surface area contributed by atoms with Crippen LogP contribution in [0, 0.1) is 17.2 Å². The van der Waals surface area contributed by atoms with Gasteiger partial charge in [-0.1, -0.05) is 45.1 Å². The number of phenolic OH excluding ortho intramolecular Hbond substituents is 1. The number of aromatic hydroxyl groups is 1. The molecule has 0 bridgehead atoms. The number of benzene rings is 1. The first-order valence-corrected chi connectivity index (χ1v) is 7.63. The van der Waals surface area contributed by atoms with Gasteiger partial charge >= 0.3 is 6.18 Å². The van der Waals surface area contributed by atoms with Crippen LogP contribution in [0.1, 0.15) is 57.1 Å². The molecule has 1 aromatic carbocycles. The maximum atomic E-state index is 12.2. The van der Waals surface area contributed by atoms with Crippen molar-refractivity contribution >= 4 is 0 Å². The van der Waals surface area contributed by atoms with Crippen LogP contribution >= 0.6 is 0 Å². The standard InChI is InChI=1S/C8H4F3NO.C7H14.C3H6/c9-8(10,11)7-3-6(13)2-1-5(7)4-12;1-7-5-3-2-4-6-7;1-3-2/h1-3,13H;7H,2-6H2,1H3;3H,1H2,2H3. The third-order valence-corrected chi connectivity index (χ3v) is 3.32. The van der Waals surface area contributed by atoms with Crippen molar-refractivity contribution < 1.29 is 18.3 Å². The van der Waals surface area contributed by atoms with Gasteiger partial charge in [-0.25, -0.2) is 0 Å². The zero-order valence-electron chi connectivity index (χ0n) is 13.7. The van der Waals surface area contributed by atoms with Gasteiger partial charge in [0.25, 0.3) is 0 Å². The molecule has 0 unspecified atom stereocenters. The van der Waals surface area contributed by atoms with Crippen molar-refractivity contribution in [2.24, 2.45) is 5.92 Å². The van der Waals surface area contributed by atoms with Gasteiger partial charge in [0.2, 0.25) is 0 Å². The second kappa shape index (κ2) is 10.7. The molecule has 5 heteroatoms. The smallest absolute Gasteiger partial charge is 0.417 e. The SMILES string of the molecule is C=CC.CC1CCCCC1.N#Cc1ccc(O)cc1C(F)(F)F. The molecule has 1 N–H and O–H groups in total. The Hall–Kier alpha value is -1.96. The van der Waals surface area contributed by atoms with Crippen molar-refractivity contribution in [1.82, 2.24) is 0 Å². The number of nitriles is 1. The molecule has 0 radical (unpaired) electrons. The van der Waals surface area contributed by atoms with Gasteiger partial charge < -0.3 is 5.11 Å². The van der Waals surface area contributed by atoms with E-state index in [0.717, 1.165) is 18.1 Å². The second-order valence-corrected chi connectivity index (χ2v) is 5.49. The van der Waals surface area contributed by atoms with Gasteiger partial charge in [0.15, 0.2) is 0 Å². The molecule has 0 saturated heterocycles. The summed E-state index contributed by atoms with van der Waals surface area (Å²) in [6, 6.07) is 3.89. The van der Waals surface area contributed by atoms with Gasteiger partial charge in [-0.05, 0) is 31.0 Å². The summed E-state index contributed by atoms with van der Waals surface area (Å²) in [4.78, 5) is 0. The molecule has 2 rings (SSSR count). The fourth-order valence-corrected chi connectivity index (χ4v) is 2.17. The van der Waals surface area contributed by atoms with Crippen LogP contribution in [0.2, 0.25) is 0 Å². The van der Waals surface area contributed by atoms with Crippen molar-refractivity contribution in [3.63, 3.8) is 0 Å². The highest BCUT2D eigenvalue weighted by molar-refractivity contribution is 5.43. The first-order valence-electron chi connectivity index (χ1n) is 7.63. The Labute approximate surface area is 136 Å². The normalized spacial score (nSPS) is 14.4. The van der Waals surface area contributed by atoms with Crippen molar-refractivity contribution in [1.29, 1.82) is 5.26 Å². The van der Waals surface area contributed by atoms with Gasteiger partial charge in [0.1, 0.15) is 5.75 Å². The van der Waals surface area contributed by atoms with Crippen LogP contribution in [0.3, 0.4) is 0 Å². The summed E-state index contributed by atoms with van der Waals surface area (Å²) < 4.78 is 36.5. The van der Waals surface area contributed by atoms with E-state index in [-0.39, 0.29) is 0 Å². The van der Waals surface area contributed by atoms with Gasteiger partial charge in [-0.3, -0.25) is 0 Å². The van der Waals surface area contributed by atoms with E-state index in [1.165, 1.54) is 38.2 Å². The molecule has 0 spiro atoms. The Kier molecular flexibility index (Phi) is 9.80. The highest BCUT2D eigenvalue weighted by atomic mass is 19.4. The zero-order chi connectivity index (χ0) is 17.9. The first-order chi connectivity index (χ1) is 10.8. The number of alkyl halides is 3. The summed E-state index contributed by atoms with van der Waals surface area (Å²) in [6.45, 7) is 7.61. The van der Waals surface area contributed by atoms with Crippen LogP contribution in [0.5, 0.6) is 5.75 Å². The van der Waals surface area contributed by atoms with Gasteiger partial charge in [-0.2, -0.15) is 18.4 Å². The largest absolute Gasteiger partial charge is 0.508 e. The monoisotopic (exact) mass is 327 g/mol. The van der Waals surface area contributed by atoms with E-state index in [0.29, 0.717) is 6.07 Å². The number of halogens is 3. The van der Waals surface area contributed by atoms with E-state index in [9.17, 15) is 13.2 Å². The summed E-state index contributed by atoms with van der Waals surface area (Å²) in [6.07, 6.45) is 4.58. The molecule has 0 amide bonds. The number of phenols is 1. The average Bonchev–Trinajstić information content (AvgIpc) is 2.48. The van der Waals surface area contributed by atoms with Gasteiger partial charge in [-0.15, -0.1) is 6.58 Å². The molecule has 1 aliphatic rings. The maximum absolute atomic E-state index is 12.2. The molecule has 23 heavy (non-hydrogen) atoms. The van der Waals surface area contributed by atoms with Crippen LogP contribution < -0.4 is 0 Å². The Balaban J connectivity index is 0.000000404. The van der Waals surface area contributed by atoms with E-state index in [2.05, 4.69) is 13.5 Å². The number of hydrogen-bond acceptors (Lipinski definition) is 2. The molecule has 0 aromatic heterocycles. The molecule has 1 saturated carbocycles. The molecule has 0 aliphatic heterocycles. The predicted octanol–water partition coefficient (Wildman–Crippen LogP) is 6.06. The molecule has 1 fully saturated rings. The highest BCUT2D eigenvalue weighted by Gasteiger charge is 2.33. The third-order valence-electron chi connectivity index (χ3n) is 3.32. The van der Waals surface area contributed by atoms with Crippen LogP contribution in [0.4, 0.5) is 13.2 Å². The third kappa shape index (κ3) is 8.92. The topological polar surface area (TPSA) is 44.0 Å². The lowest BCUT2D eigenvalue weighted by Crippen LogP contribution is -2.07. The Morgan fingerprint density at radius 1 is 1.26 bits per heavy atom. The minimum Gasteiger partial charge on any atom is -0.508 e. The summed E-state index contributed by atoms with van der Waals surface area (Å²) in [5.41, 5.74) is -1.61. The molecule has 128 valence electrons. The van der Waals surface area contributed by atoms with E-state index < -0.39 is 23.1 Å². The van der Waals surface area contributed by atoms with Crippen LogP contribution in [0.15, 0.2) is 30.9 Å². The lowest BCUT2D eigenvalue weighted by molar-refractivity contribution is -0.137. The summed E-state index contributed by atoms with van der Waals surface area (Å²) in [5, 5.41) is 17.1. The average molecular weight is 327 g/mol.